The molecule has 0 fully saturated rings. The summed E-state index contributed by atoms with van der Waals surface area (Å²) in [6.07, 6.45) is 2.66. The number of aromatic carboxylic acids is 1. The third-order valence-corrected chi connectivity index (χ3v) is 2.42. The second-order valence-corrected chi connectivity index (χ2v) is 3.78. The van der Waals surface area contributed by atoms with Crippen LogP contribution in [-0.4, -0.2) is 25.8 Å². The number of rotatable bonds is 3. The number of para-hydroxylation sites is 1. The van der Waals surface area contributed by atoms with Gasteiger partial charge in [0.1, 0.15) is 11.3 Å². The normalized spacial score (nSPS) is 10.3. The molecule has 0 radical (unpaired) electrons. The van der Waals surface area contributed by atoms with Gasteiger partial charge in [0.25, 0.3) is 0 Å². The smallest absolute Gasteiger partial charge is 0.342 e. The average Bonchev–Trinajstić information content (AvgIpc) is 2.74. The van der Waals surface area contributed by atoms with Crippen molar-refractivity contribution in [2.24, 2.45) is 0 Å². The van der Waals surface area contributed by atoms with Crippen molar-refractivity contribution in [3.8, 4) is 5.69 Å². The lowest BCUT2D eigenvalue weighted by Crippen LogP contribution is -2.07. The van der Waals surface area contributed by atoms with Gasteiger partial charge in [0, 0.05) is 6.20 Å². The fraction of sp³-hybridized carbons (Fsp3) is 0. The lowest BCUT2D eigenvalue weighted by atomic mass is 10.1. The molecule has 0 aliphatic rings. The Hall–Kier alpha value is -2.41. The summed E-state index contributed by atoms with van der Waals surface area (Å²) >= 11 is 5.68. The van der Waals surface area contributed by atoms with Crippen LogP contribution in [0.5, 0.6) is 0 Å². The van der Waals surface area contributed by atoms with E-state index in [1.165, 1.54) is 24.5 Å². The topological polar surface area (TPSA) is 98.3 Å². The van der Waals surface area contributed by atoms with E-state index in [9.17, 15) is 14.9 Å². The van der Waals surface area contributed by atoms with Crippen LogP contribution in [0.1, 0.15) is 10.4 Å². The number of carboxylic acid groups (broad SMARTS) is 1. The SMILES string of the molecule is O=C(O)c1cccc(-n2cc(Cl)cn2)c1[N+](=O)[O-]. The van der Waals surface area contributed by atoms with Crippen LogP contribution in [-0.2, 0) is 0 Å². The summed E-state index contributed by atoms with van der Waals surface area (Å²) < 4.78 is 1.16. The van der Waals surface area contributed by atoms with E-state index in [-0.39, 0.29) is 5.69 Å². The van der Waals surface area contributed by atoms with Gasteiger partial charge in [-0.3, -0.25) is 10.1 Å². The van der Waals surface area contributed by atoms with Gasteiger partial charge in [-0.15, -0.1) is 0 Å². The molecule has 0 aliphatic carbocycles. The molecule has 0 atom stereocenters. The summed E-state index contributed by atoms with van der Waals surface area (Å²) in [4.78, 5) is 21.2. The third-order valence-electron chi connectivity index (χ3n) is 2.23. The second kappa shape index (κ2) is 4.46. The zero-order valence-corrected chi connectivity index (χ0v) is 9.53. The lowest BCUT2D eigenvalue weighted by molar-refractivity contribution is -0.385. The summed E-state index contributed by atoms with van der Waals surface area (Å²) in [5.74, 6) is -1.37. The largest absolute Gasteiger partial charge is 0.477 e. The first-order valence-electron chi connectivity index (χ1n) is 4.72. The van der Waals surface area contributed by atoms with Crippen molar-refractivity contribution >= 4 is 23.3 Å². The van der Waals surface area contributed by atoms with Crippen LogP contribution in [0.2, 0.25) is 5.02 Å². The van der Waals surface area contributed by atoms with E-state index in [0.717, 1.165) is 10.7 Å². The minimum atomic E-state index is -1.37. The Bertz CT molecular complexity index is 638. The van der Waals surface area contributed by atoms with Crippen LogP contribution in [0.4, 0.5) is 5.69 Å². The summed E-state index contributed by atoms with van der Waals surface area (Å²) in [5.41, 5.74) is -0.874. The zero-order chi connectivity index (χ0) is 13.3. The molecule has 0 spiro atoms. The predicted molar refractivity (Wildman–Crippen MR) is 62.2 cm³/mol. The number of aromatic nitrogens is 2. The quantitative estimate of drug-likeness (QED) is 0.678. The van der Waals surface area contributed by atoms with Gasteiger partial charge in [0.05, 0.1) is 16.1 Å². The first-order valence-corrected chi connectivity index (χ1v) is 5.09. The Balaban J connectivity index is 2.71. The number of carbonyl (C=O) groups is 1. The Morgan fingerprint density at radius 1 is 1.50 bits per heavy atom. The van der Waals surface area contributed by atoms with Gasteiger partial charge < -0.3 is 5.11 Å². The molecule has 0 unspecified atom stereocenters. The number of halogens is 1. The van der Waals surface area contributed by atoms with Crippen LogP contribution >= 0.6 is 11.6 Å². The van der Waals surface area contributed by atoms with Crippen molar-refractivity contribution in [3.05, 3.63) is 51.3 Å². The highest BCUT2D eigenvalue weighted by molar-refractivity contribution is 6.30. The van der Waals surface area contributed by atoms with E-state index < -0.39 is 22.1 Å². The van der Waals surface area contributed by atoms with Crippen LogP contribution in [0.25, 0.3) is 5.69 Å². The van der Waals surface area contributed by atoms with Gasteiger partial charge in [-0.25, -0.2) is 9.48 Å². The molecule has 0 saturated heterocycles. The molecule has 0 bridgehead atoms. The number of hydrogen-bond acceptors (Lipinski definition) is 4. The van der Waals surface area contributed by atoms with Crippen molar-refractivity contribution in [1.82, 2.24) is 9.78 Å². The minimum Gasteiger partial charge on any atom is -0.477 e. The zero-order valence-electron chi connectivity index (χ0n) is 8.78. The molecule has 8 heteroatoms. The number of benzene rings is 1. The first kappa shape index (κ1) is 12.1. The number of nitrogens with zero attached hydrogens (tertiary/aromatic N) is 3. The van der Waals surface area contributed by atoms with E-state index >= 15 is 0 Å². The molecule has 0 amide bonds. The number of hydrogen-bond donors (Lipinski definition) is 1. The maximum atomic E-state index is 11.0. The Morgan fingerprint density at radius 3 is 2.72 bits per heavy atom. The summed E-state index contributed by atoms with van der Waals surface area (Å²) in [7, 11) is 0. The van der Waals surface area contributed by atoms with Crippen LogP contribution in [0.3, 0.4) is 0 Å². The highest BCUT2D eigenvalue weighted by Gasteiger charge is 2.25. The molecular weight excluding hydrogens is 262 g/mol. The first-order chi connectivity index (χ1) is 8.50. The van der Waals surface area contributed by atoms with Gasteiger partial charge in [0.2, 0.25) is 0 Å². The molecule has 2 rings (SSSR count). The molecule has 0 saturated carbocycles. The molecule has 1 N–H and O–H groups in total. The minimum absolute atomic E-state index is 0.0480. The second-order valence-electron chi connectivity index (χ2n) is 3.34. The van der Waals surface area contributed by atoms with Crippen molar-refractivity contribution < 1.29 is 14.8 Å². The van der Waals surface area contributed by atoms with E-state index in [0.29, 0.717) is 5.02 Å². The molecule has 18 heavy (non-hydrogen) atoms. The highest BCUT2D eigenvalue weighted by atomic mass is 35.5. The van der Waals surface area contributed by atoms with E-state index in [1.807, 2.05) is 0 Å². The maximum Gasteiger partial charge on any atom is 0.342 e. The van der Waals surface area contributed by atoms with Crippen LogP contribution < -0.4 is 0 Å². The third kappa shape index (κ3) is 2.03. The summed E-state index contributed by atoms with van der Waals surface area (Å²) in [6.45, 7) is 0. The molecule has 0 aliphatic heterocycles. The molecule has 1 aromatic carbocycles. The van der Waals surface area contributed by atoms with Gasteiger partial charge in [-0.05, 0) is 12.1 Å². The van der Waals surface area contributed by atoms with E-state index in [1.54, 1.807) is 0 Å². The van der Waals surface area contributed by atoms with Crippen molar-refractivity contribution in [3.63, 3.8) is 0 Å². The fourth-order valence-electron chi connectivity index (χ4n) is 1.51. The molecule has 1 aromatic heterocycles. The van der Waals surface area contributed by atoms with Gasteiger partial charge in [0.15, 0.2) is 0 Å². The molecule has 2 aromatic rings. The number of nitro groups is 1. The average molecular weight is 268 g/mol. The van der Waals surface area contributed by atoms with Crippen molar-refractivity contribution in [1.29, 1.82) is 0 Å². The van der Waals surface area contributed by atoms with Crippen molar-refractivity contribution in [2.75, 3.05) is 0 Å². The molecular formula is C10H6ClN3O4. The van der Waals surface area contributed by atoms with E-state index in [4.69, 9.17) is 16.7 Å². The Kier molecular flexibility index (Phi) is 2.99. The predicted octanol–water partition coefficient (Wildman–Crippen LogP) is 2.13. The lowest BCUT2D eigenvalue weighted by Gasteiger charge is -2.04. The fourth-order valence-corrected chi connectivity index (χ4v) is 1.65. The highest BCUT2D eigenvalue weighted by Crippen LogP contribution is 2.27. The van der Waals surface area contributed by atoms with Gasteiger partial charge in [-0.1, -0.05) is 17.7 Å². The Morgan fingerprint density at radius 2 is 2.22 bits per heavy atom. The van der Waals surface area contributed by atoms with Gasteiger partial charge in [-0.2, -0.15) is 5.10 Å². The van der Waals surface area contributed by atoms with E-state index in [2.05, 4.69) is 5.10 Å². The van der Waals surface area contributed by atoms with Crippen LogP contribution in [0.15, 0.2) is 30.6 Å². The molecule has 7 nitrogen and oxygen atoms in total. The number of carboxylic acids is 1. The standard InChI is InChI=1S/C10H6ClN3O4/c11-6-4-12-13(5-6)8-3-1-2-7(10(15)16)9(8)14(17)18/h1-5H,(H,15,16). The monoisotopic (exact) mass is 267 g/mol. The Labute approximate surface area is 105 Å². The van der Waals surface area contributed by atoms with Gasteiger partial charge >= 0.3 is 11.7 Å². The maximum absolute atomic E-state index is 11.0. The van der Waals surface area contributed by atoms with Crippen LogP contribution in [0, 0.1) is 10.1 Å². The summed E-state index contributed by atoms with van der Waals surface area (Å²) in [5, 5.41) is 24.0. The molecule has 1 heterocycles. The number of nitro benzene ring substituents is 1. The van der Waals surface area contributed by atoms with Crippen molar-refractivity contribution in [2.45, 2.75) is 0 Å². The molecule has 92 valence electrons. The summed E-state index contributed by atoms with van der Waals surface area (Å²) in [6, 6.07) is 3.96.